The van der Waals surface area contributed by atoms with Gasteiger partial charge in [-0.05, 0) is 29.8 Å². The number of phenols is 1. The zero-order valence-corrected chi connectivity index (χ0v) is 18.0. The molecule has 0 atom stereocenters. The van der Waals surface area contributed by atoms with Gasteiger partial charge in [-0.2, -0.15) is 12.7 Å². The van der Waals surface area contributed by atoms with Crippen LogP contribution in [0.5, 0.6) is 5.75 Å². The van der Waals surface area contributed by atoms with Gasteiger partial charge in [-0.3, -0.25) is 14.1 Å². The van der Waals surface area contributed by atoms with Gasteiger partial charge < -0.3 is 10.0 Å². The lowest BCUT2D eigenvalue weighted by molar-refractivity contribution is 0.0764. The van der Waals surface area contributed by atoms with Gasteiger partial charge in [0.2, 0.25) is 0 Å². The van der Waals surface area contributed by atoms with Gasteiger partial charge in [-0.25, -0.2) is 4.39 Å². The van der Waals surface area contributed by atoms with Crippen LogP contribution in [0.2, 0.25) is 0 Å². The van der Waals surface area contributed by atoms with Crippen molar-refractivity contribution in [1.82, 2.24) is 14.2 Å². The van der Waals surface area contributed by atoms with Gasteiger partial charge in [-0.1, -0.05) is 12.1 Å². The van der Waals surface area contributed by atoms with Crippen molar-refractivity contribution < 1.29 is 22.7 Å². The molecule has 31 heavy (non-hydrogen) atoms. The third kappa shape index (κ3) is 3.37. The quantitative estimate of drug-likeness (QED) is 0.653. The molecule has 3 aromatic rings. The molecule has 0 saturated carbocycles. The molecule has 1 aromatic heterocycles. The molecule has 0 fully saturated rings. The number of carbonyl (C=O) groups is 1. The number of fused-ring (bicyclic) bond motifs is 2. The normalized spacial score (nSPS) is 13.8. The van der Waals surface area contributed by atoms with Crippen molar-refractivity contribution in [3.8, 4) is 5.75 Å². The summed E-state index contributed by atoms with van der Waals surface area (Å²) < 4.78 is 41.2. The van der Waals surface area contributed by atoms with Crippen molar-refractivity contribution in [2.24, 2.45) is 0 Å². The van der Waals surface area contributed by atoms with Crippen LogP contribution in [0, 0.1) is 5.82 Å². The summed E-state index contributed by atoms with van der Waals surface area (Å²) in [5, 5.41) is 11.3. The summed E-state index contributed by atoms with van der Waals surface area (Å²) in [6.07, 6.45) is 1.47. The first kappa shape index (κ1) is 21.0. The Kier molecular flexibility index (Phi) is 5.06. The van der Waals surface area contributed by atoms with Crippen molar-refractivity contribution in [2.75, 3.05) is 25.4 Å². The Balaban J connectivity index is 1.89. The van der Waals surface area contributed by atoms with Crippen LogP contribution in [-0.4, -0.2) is 54.8 Å². The Hall–Kier alpha value is -3.24. The molecule has 0 saturated heterocycles. The van der Waals surface area contributed by atoms with Crippen molar-refractivity contribution >= 4 is 32.7 Å². The highest BCUT2D eigenvalue weighted by Gasteiger charge is 2.38. The molecule has 0 bridgehead atoms. The molecule has 0 aliphatic carbocycles. The zero-order chi connectivity index (χ0) is 22.5. The average Bonchev–Trinajstić information content (AvgIpc) is 3.05. The number of rotatable bonds is 5. The minimum absolute atomic E-state index is 0.0316. The number of amides is 1. The molecule has 1 N–H and O–H groups in total. The first-order chi connectivity index (χ1) is 14.6. The van der Waals surface area contributed by atoms with Crippen LogP contribution in [0.3, 0.4) is 0 Å². The van der Waals surface area contributed by atoms with Gasteiger partial charge in [0.1, 0.15) is 11.3 Å². The second-order valence-corrected chi connectivity index (χ2v) is 9.67. The van der Waals surface area contributed by atoms with Gasteiger partial charge in [-0.15, -0.1) is 0 Å². The number of anilines is 1. The minimum atomic E-state index is -3.87. The molecule has 4 rings (SSSR count). The predicted octanol–water partition coefficient (Wildman–Crippen LogP) is 2.48. The first-order valence-corrected chi connectivity index (χ1v) is 10.8. The maximum absolute atomic E-state index is 13.2. The number of phenolic OH excluding ortho intramolecular Hbond substituents is 1. The fraction of sp³-hybridized carbons (Fsp3) is 0.238. The van der Waals surface area contributed by atoms with E-state index >= 15 is 0 Å². The maximum atomic E-state index is 13.2. The lowest BCUT2D eigenvalue weighted by Crippen LogP contribution is -2.38. The smallest absolute Gasteiger partial charge is 0.303 e. The average molecular weight is 444 g/mol. The van der Waals surface area contributed by atoms with E-state index in [0.29, 0.717) is 22.2 Å². The van der Waals surface area contributed by atoms with Crippen LogP contribution < -0.4 is 4.31 Å². The van der Waals surface area contributed by atoms with E-state index in [-0.39, 0.29) is 35.7 Å². The predicted molar refractivity (Wildman–Crippen MR) is 114 cm³/mol. The summed E-state index contributed by atoms with van der Waals surface area (Å²) in [4.78, 5) is 18.8. The molecule has 0 unspecified atom stereocenters. The number of aromatic nitrogens is 1. The van der Waals surface area contributed by atoms with Crippen LogP contribution >= 0.6 is 0 Å². The Morgan fingerprint density at radius 3 is 2.48 bits per heavy atom. The molecule has 1 amide bonds. The Morgan fingerprint density at radius 2 is 1.84 bits per heavy atom. The van der Waals surface area contributed by atoms with Crippen LogP contribution in [0.25, 0.3) is 10.9 Å². The molecule has 1 aliphatic heterocycles. The lowest BCUT2D eigenvalue weighted by atomic mass is 10.0. The molecule has 0 spiro atoms. The van der Waals surface area contributed by atoms with Crippen molar-refractivity contribution in [2.45, 2.75) is 13.1 Å². The number of pyridine rings is 1. The van der Waals surface area contributed by atoms with Crippen LogP contribution in [0.15, 0.2) is 42.6 Å². The zero-order valence-electron chi connectivity index (χ0n) is 17.2. The van der Waals surface area contributed by atoms with E-state index in [1.165, 1.54) is 44.4 Å². The number of hydrogen-bond acceptors (Lipinski definition) is 5. The first-order valence-electron chi connectivity index (χ1n) is 9.45. The van der Waals surface area contributed by atoms with Gasteiger partial charge in [0.15, 0.2) is 5.75 Å². The Labute approximate surface area is 179 Å². The van der Waals surface area contributed by atoms with E-state index in [9.17, 15) is 22.7 Å². The molecular formula is C21H21FN4O4S. The lowest BCUT2D eigenvalue weighted by Gasteiger charge is -2.26. The van der Waals surface area contributed by atoms with Gasteiger partial charge in [0.25, 0.3) is 5.91 Å². The van der Waals surface area contributed by atoms with E-state index in [2.05, 4.69) is 4.98 Å². The summed E-state index contributed by atoms with van der Waals surface area (Å²) in [5.41, 5.74) is 1.58. The monoisotopic (exact) mass is 444 g/mol. The van der Waals surface area contributed by atoms with Crippen molar-refractivity contribution in [1.29, 1.82) is 0 Å². The number of hydrogen-bond donors (Lipinski definition) is 1. The summed E-state index contributed by atoms with van der Waals surface area (Å²) in [5.74, 6) is -1.11. The Morgan fingerprint density at radius 1 is 1.16 bits per heavy atom. The van der Waals surface area contributed by atoms with Crippen molar-refractivity contribution in [3.05, 3.63) is 65.1 Å². The summed E-state index contributed by atoms with van der Waals surface area (Å²) in [6, 6.07) is 9.07. The van der Waals surface area contributed by atoms with E-state index in [1.54, 1.807) is 24.3 Å². The highest BCUT2D eigenvalue weighted by Crippen LogP contribution is 2.44. The van der Waals surface area contributed by atoms with E-state index in [1.807, 2.05) is 0 Å². The van der Waals surface area contributed by atoms with Gasteiger partial charge >= 0.3 is 10.2 Å². The molecule has 2 heterocycles. The molecule has 8 nitrogen and oxygen atoms in total. The summed E-state index contributed by atoms with van der Waals surface area (Å²) in [6.45, 7) is 0.271. The molecule has 1 aliphatic rings. The second kappa shape index (κ2) is 7.47. The number of carbonyl (C=O) groups excluding carboxylic acids is 1. The molecular weight excluding hydrogens is 423 g/mol. The fourth-order valence-corrected chi connectivity index (χ4v) is 4.72. The van der Waals surface area contributed by atoms with E-state index < -0.39 is 16.1 Å². The number of benzene rings is 2. The molecule has 2 aromatic carbocycles. The van der Waals surface area contributed by atoms with Gasteiger partial charge in [0, 0.05) is 51.4 Å². The highest BCUT2D eigenvalue weighted by molar-refractivity contribution is 7.90. The highest BCUT2D eigenvalue weighted by atomic mass is 32.2. The van der Waals surface area contributed by atoms with Crippen LogP contribution in [0.1, 0.15) is 21.5 Å². The summed E-state index contributed by atoms with van der Waals surface area (Å²) in [7, 11) is 0.367. The van der Waals surface area contributed by atoms with E-state index in [4.69, 9.17) is 0 Å². The second-order valence-electron chi connectivity index (χ2n) is 7.50. The third-order valence-electron chi connectivity index (χ3n) is 5.37. The largest absolute Gasteiger partial charge is 0.505 e. The number of aromatic hydroxyl groups is 1. The Bertz CT molecular complexity index is 1290. The molecule has 162 valence electrons. The number of nitrogens with zero attached hydrogens (tertiary/aromatic N) is 4. The van der Waals surface area contributed by atoms with Crippen molar-refractivity contribution in [3.63, 3.8) is 0 Å². The maximum Gasteiger partial charge on any atom is 0.303 e. The number of halogens is 1. The third-order valence-corrected chi connectivity index (χ3v) is 7.17. The summed E-state index contributed by atoms with van der Waals surface area (Å²) >= 11 is 0. The minimum Gasteiger partial charge on any atom is -0.505 e. The SMILES string of the molecule is CN(C)S(=O)(=O)N(C)c1c2c(c(O)c3ncccc13)C(=O)N(Cc1ccc(F)cc1)C2. The standard InChI is InChI=1S/C21H21FN4O4S/c1-24(2)31(29,30)25(3)19-15-5-4-10-23-18(15)20(27)17-16(19)12-26(21(17)28)11-13-6-8-14(22)9-7-13/h4-10,27H,11-12H2,1-3H3. The van der Waals surface area contributed by atoms with Crippen LogP contribution in [-0.2, 0) is 23.3 Å². The molecule has 10 heteroatoms. The van der Waals surface area contributed by atoms with Crippen LogP contribution in [0.4, 0.5) is 10.1 Å². The van der Waals surface area contributed by atoms with E-state index in [0.717, 1.165) is 8.61 Å². The molecule has 0 radical (unpaired) electrons. The fourth-order valence-electron chi connectivity index (χ4n) is 3.79. The van der Waals surface area contributed by atoms with Gasteiger partial charge in [0.05, 0.1) is 11.3 Å². The topological polar surface area (TPSA) is 94.0 Å².